The number of rotatable bonds is 7. The molecule has 4 rings (SSSR count). The summed E-state index contributed by atoms with van der Waals surface area (Å²) in [5.74, 6) is 0. The van der Waals surface area contributed by atoms with Gasteiger partial charge >= 0.3 is 6.18 Å². The highest BCUT2D eigenvalue weighted by atomic mass is 31.1. The van der Waals surface area contributed by atoms with Gasteiger partial charge in [0.2, 0.25) is 0 Å². The standard InChI is InChI=1S/C26H26F3N2OP/c1-32-19-21-11-9-17-31(21)30-18-20-10-8-16-24(26(27,28)29)25(20)33(22-12-4-2-5-13-22)23-14-6-3-7-15-23/h2-8,10,12-16,18,21H,9,11,17,19H2,1H3/b30-18+/t21-/m0/s1. The summed E-state index contributed by atoms with van der Waals surface area (Å²) < 4.78 is 48.1. The summed E-state index contributed by atoms with van der Waals surface area (Å²) in [6.45, 7) is 1.32. The van der Waals surface area contributed by atoms with E-state index in [0.717, 1.165) is 30.0 Å². The van der Waals surface area contributed by atoms with Crippen LogP contribution in [0.3, 0.4) is 0 Å². The van der Waals surface area contributed by atoms with Crippen molar-refractivity contribution in [3.8, 4) is 0 Å². The molecule has 172 valence electrons. The SMILES string of the molecule is COC[C@@H]1CCCN1/N=C/c1cccc(C(F)(F)F)c1P(c1ccccc1)c1ccccc1. The zero-order chi connectivity index (χ0) is 23.3. The van der Waals surface area contributed by atoms with Gasteiger partial charge < -0.3 is 4.74 Å². The zero-order valence-electron chi connectivity index (χ0n) is 18.4. The number of hydrogen-bond donors (Lipinski definition) is 0. The van der Waals surface area contributed by atoms with Crippen molar-refractivity contribution in [2.24, 2.45) is 5.10 Å². The Kier molecular flexibility index (Phi) is 7.46. The van der Waals surface area contributed by atoms with Crippen molar-refractivity contribution in [1.82, 2.24) is 5.01 Å². The van der Waals surface area contributed by atoms with Crippen LogP contribution in [0.2, 0.25) is 0 Å². The molecule has 0 spiro atoms. The van der Waals surface area contributed by atoms with Crippen molar-refractivity contribution in [3.05, 3.63) is 90.0 Å². The first-order valence-corrected chi connectivity index (χ1v) is 12.2. The van der Waals surface area contributed by atoms with E-state index in [2.05, 4.69) is 5.10 Å². The van der Waals surface area contributed by atoms with Crippen molar-refractivity contribution >= 4 is 30.0 Å². The first kappa shape index (κ1) is 23.5. The van der Waals surface area contributed by atoms with Crippen molar-refractivity contribution in [2.45, 2.75) is 25.1 Å². The van der Waals surface area contributed by atoms with E-state index in [0.29, 0.717) is 12.2 Å². The van der Waals surface area contributed by atoms with Crippen LogP contribution in [0.5, 0.6) is 0 Å². The van der Waals surface area contributed by atoms with Gasteiger partial charge in [-0.2, -0.15) is 18.3 Å². The Hall–Kier alpha value is -2.69. The minimum atomic E-state index is -4.48. The van der Waals surface area contributed by atoms with Gasteiger partial charge in [-0.25, -0.2) is 0 Å². The molecule has 1 heterocycles. The van der Waals surface area contributed by atoms with E-state index in [1.165, 1.54) is 12.1 Å². The van der Waals surface area contributed by atoms with Gasteiger partial charge in [-0.3, -0.25) is 5.01 Å². The smallest absolute Gasteiger partial charge is 0.382 e. The summed E-state index contributed by atoms with van der Waals surface area (Å²) >= 11 is 0. The van der Waals surface area contributed by atoms with Crippen molar-refractivity contribution in [3.63, 3.8) is 0 Å². The monoisotopic (exact) mass is 470 g/mol. The van der Waals surface area contributed by atoms with E-state index in [1.807, 2.05) is 65.7 Å². The Morgan fingerprint density at radius 1 is 0.970 bits per heavy atom. The predicted octanol–water partition coefficient (Wildman–Crippen LogP) is 4.91. The van der Waals surface area contributed by atoms with Gasteiger partial charge in [0.15, 0.2) is 0 Å². The molecule has 0 radical (unpaired) electrons. The number of methoxy groups -OCH3 is 1. The van der Waals surface area contributed by atoms with E-state index in [1.54, 1.807) is 19.4 Å². The summed E-state index contributed by atoms with van der Waals surface area (Å²) in [5, 5.41) is 8.56. The lowest BCUT2D eigenvalue weighted by Gasteiger charge is -2.25. The molecule has 1 fully saturated rings. The number of ether oxygens (including phenoxy) is 1. The van der Waals surface area contributed by atoms with Gasteiger partial charge in [-0.15, -0.1) is 0 Å². The normalized spacial score (nSPS) is 16.8. The number of nitrogens with zero attached hydrogens (tertiary/aromatic N) is 2. The minimum Gasteiger partial charge on any atom is -0.382 e. The summed E-state index contributed by atoms with van der Waals surface area (Å²) in [5.41, 5.74) is -0.119. The molecule has 7 heteroatoms. The molecular weight excluding hydrogens is 444 g/mol. The van der Waals surface area contributed by atoms with Gasteiger partial charge in [0.05, 0.1) is 24.4 Å². The fourth-order valence-corrected chi connectivity index (χ4v) is 6.76. The summed E-state index contributed by atoms with van der Waals surface area (Å²) in [7, 11) is 0.203. The lowest BCUT2D eigenvalue weighted by atomic mass is 10.1. The Morgan fingerprint density at radius 3 is 2.18 bits per heavy atom. The highest BCUT2D eigenvalue weighted by Crippen LogP contribution is 2.40. The molecule has 0 aliphatic carbocycles. The first-order chi connectivity index (χ1) is 16.0. The Morgan fingerprint density at radius 2 is 1.61 bits per heavy atom. The van der Waals surface area contributed by atoms with E-state index in [9.17, 15) is 13.2 Å². The fraction of sp³-hybridized carbons (Fsp3) is 0.269. The topological polar surface area (TPSA) is 24.8 Å². The molecular formula is C26H26F3N2OP. The van der Waals surface area contributed by atoms with Crippen molar-refractivity contribution < 1.29 is 17.9 Å². The summed E-state index contributed by atoms with van der Waals surface area (Å²) in [6.07, 6.45) is -0.932. The van der Waals surface area contributed by atoms with Gasteiger partial charge in [0.1, 0.15) is 0 Å². The molecule has 1 saturated heterocycles. The lowest BCUT2D eigenvalue weighted by molar-refractivity contribution is -0.136. The van der Waals surface area contributed by atoms with Crippen LogP contribution in [0.4, 0.5) is 13.2 Å². The number of hydrogen-bond acceptors (Lipinski definition) is 3. The maximum absolute atomic E-state index is 14.3. The van der Waals surface area contributed by atoms with Crippen LogP contribution in [0.1, 0.15) is 24.0 Å². The molecule has 0 aromatic heterocycles. The number of halogens is 3. The Bertz CT molecular complexity index is 1030. The molecule has 33 heavy (non-hydrogen) atoms. The van der Waals surface area contributed by atoms with Crippen molar-refractivity contribution in [2.75, 3.05) is 20.3 Å². The third-order valence-corrected chi connectivity index (χ3v) is 8.25. The summed E-state index contributed by atoms with van der Waals surface area (Å²) in [6, 6.07) is 23.4. The second kappa shape index (κ2) is 10.5. The second-order valence-electron chi connectivity index (χ2n) is 7.91. The lowest BCUT2D eigenvalue weighted by Crippen LogP contribution is -2.31. The molecule has 0 saturated carbocycles. The molecule has 1 atom stereocenters. The number of benzene rings is 3. The molecule has 0 amide bonds. The molecule has 3 aromatic carbocycles. The Labute approximate surface area is 193 Å². The molecule has 1 aliphatic heterocycles. The van der Waals surface area contributed by atoms with Crippen LogP contribution in [-0.4, -0.2) is 37.5 Å². The maximum Gasteiger partial charge on any atom is 0.417 e. The average molecular weight is 470 g/mol. The fourth-order valence-electron chi connectivity index (χ4n) is 4.18. The van der Waals surface area contributed by atoms with Crippen LogP contribution in [0, 0.1) is 0 Å². The maximum atomic E-state index is 14.3. The molecule has 3 nitrogen and oxygen atoms in total. The molecule has 3 aromatic rings. The molecule has 1 aliphatic rings. The van der Waals surface area contributed by atoms with Crippen LogP contribution < -0.4 is 15.9 Å². The first-order valence-electron chi connectivity index (χ1n) is 10.9. The van der Waals surface area contributed by atoms with Crippen molar-refractivity contribution in [1.29, 1.82) is 0 Å². The van der Waals surface area contributed by atoms with E-state index in [-0.39, 0.29) is 11.3 Å². The number of hydrazone groups is 1. The quantitative estimate of drug-likeness (QED) is 0.362. The molecule has 0 N–H and O–H groups in total. The second-order valence-corrected chi connectivity index (χ2v) is 10.1. The van der Waals surface area contributed by atoms with Crippen LogP contribution >= 0.6 is 7.92 Å². The third kappa shape index (κ3) is 5.45. The van der Waals surface area contributed by atoms with Gasteiger partial charge in [-0.1, -0.05) is 72.8 Å². The largest absolute Gasteiger partial charge is 0.417 e. The minimum absolute atomic E-state index is 0.144. The predicted molar refractivity (Wildman–Crippen MR) is 129 cm³/mol. The van der Waals surface area contributed by atoms with Gasteiger partial charge in [0, 0.05) is 24.5 Å². The Balaban J connectivity index is 1.87. The zero-order valence-corrected chi connectivity index (χ0v) is 19.3. The number of alkyl halides is 3. The van der Waals surface area contributed by atoms with Crippen LogP contribution in [-0.2, 0) is 10.9 Å². The van der Waals surface area contributed by atoms with Crippen LogP contribution in [0.15, 0.2) is 84.0 Å². The summed E-state index contributed by atoms with van der Waals surface area (Å²) in [4.78, 5) is 0. The highest BCUT2D eigenvalue weighted by molar-refractivity contribution is 7.80. The van der Waals surface area contributed by atoms with Gasteiger partial charge in [0.25, 0.3) is 0 Å². The van der Waals surface area contributed by atoms with E-state index >= 15 is 0 Å². The van der Waals surface area contributed by atoms with E-state index in [4.69, 9.17) is 4.74 Å². The van der Waals surface area contributed by atoms with E-state index < -0.39 is 19.7 Å². The molecule has 0 unspecified atom stereocenters. The highest BCUT2D eigenvalue weighted by Gasteiger charge is 2.37. The molecule has 0 bridgehead atoms. The van der Waals surface area contributed by atoms with Gasteiger partial charge in [-0.05, 0) is 37.4 Å². The van der Waals surface area contributed by atoms with Crippen LogP contribution in [0.25, 0.3) is 0 Å². The third-order valence-electron chi connectivity index (χ3n) is 5.68. The average Bonchev–Trinajstić information content (AvgIpc) is 3.26.